The Labute approximate surface area is 54.6 Å². The van der Waals surface area contributed by atoms with E-state index in [-0.39, 0.29) is 0 Å². The van der Waals surface area contributed by atoms with Crippen LogP contribution in [-0.2, 0) is 9.47 Å². The van der Waals surface area contributed by atoms with E-state index in [0.29, 0.717) is 6.61 Å². The van der Waals surface area contributed by atoms with Gasteiger partial charge in [-0.05, 0) is 0 Å². The number of ether oxygens (including phenoxy) is 2. The molecule has 0 fully saturated rings. The van der Waals surface area contributed by atoms with Crippen molar-refractivity contribution in [1.82, 2.24) is 5.32 Å². The molecule has 0 aromatic heterocycles. The summed E-state index contributed by atoms with van der Waals surface area (Å²) in [5.41, 5.74) is 1.02. The molecular formula is C6H11NO2. The average Bonchev–Trinajstić information content (AvgIpc) is 1.91. The highest BCUT2D eigenvalue weighted by Crippen LogP contribution is 1.94. The lowest BCUT2D eigenvalue weighted by Gasteiger charge is -2.14. The predicted molar refractivity (Wildman–Crippen MR) is 33.9 cm³/mol. The molecule has 0 aromatic carbocycles. The first-order valence-electron chi connectivity index (χ1n) is 2.97. The summed E-state index contributed by atoms with van der Waals surface area (Å²) in [4.78, 5) is 0. The molecule has 0 amide bonds. The van der Waals surface area contributed by atoms with Gasteiger partial charge in [-0.25, -0.2) is 0 Å². The molecule has 1 aliphatic heterocycles. The van der Waals surface area contributed by atoms with Crippen molar-refractivity contribution < 1.29 is 9.47 Å². The monoisotopic (exact) mass is 129 g/mol. The lowest BCUT2D eigenvalue weighted by molar-refractivity contribution is 0.185. The van der Waals surface area contributed by atoms with E-state index in [9.17, 15) is 0 Å². The van der Waals surface area contributed by atoms with E-state index in [2.05, 4.69) is 5.32 Å². The van der Waals surface area contributed by atoms with Crippen LogP contribution in [0.25, 0.3) is 0 Å². The van der Waals surface area contributed by atoms with Gasteiger partial charge in [0, 0.05) is 13.7 Å². The first-order chi connectivity index (χ1) is 4.43. The van der Waals surface area contributed by atoms with Crippen LogP contribution in [-0.4, -0.2) is 26.9 Å². The van der Waals surface area contributed by atoms with Gasteiger partial charge in [0.2, 0.25) is 0 Å². The second kappa shape index (κ2) is 3.35. The average molecular weight is 129 g/mol. The van der Waals surface area contributed by atoms with Gasteiger partial charge in [-0.1, -0.05) is 0 Å². The molecule has 0 saturated heterocycles. The van der Waals surface area contributed by atoms with Crippen LogP contribution < -0.4 is 5.32 Å². The molecule has 0 aliphatic carbocycles. The third-order valence-electron chi connectivity index (χ3n) is 1.10. The summed E-state index contributed by atoms with van der Waals surface area (Å²) >= 11 is 0. The molecule has 1 aliphatic rings. The normalized spacial score (nSPS) is 17.7. The van der Waals surface area contributed by atoms with Crippen LogP contribution in [0.3, 0.4) is 0 Å². The van der Waals surface area contributed by atoms with E-state index in [1.165, 1.54) is 0 Å². The molecule has 0 unspecified atom stereocenters. The van der Waals surface area contributed by atoms with Gasteiger partial charge in [-0.15, -0.1) is 0 Å². The van der Waals surface area contributed by atoms with E-state index in [1.807, 2.05) is 0 Å². The lowest BCUT2D eigenvalue weighted by Crippen LogP contribution is -2.25. The second-order valence-electron chi connectivity index (χ2n) is 1.87. The number of hydrogen-bond donors (Lipinski definition) is 1. The molecule has 1 heterocycles. The maximum atomic E-state index is 5.03. The molecule has 1 rings (SSSR count). The quantitative estimate of drug-likeness (QED) is 0.573. The zero-order chi connectivity index (χ0) is 6.53. The fourth-order valence-electron chi connectivity index (χ4n) is 0.712. The van der Waals surface area contributed by atoms with E-state index in [0.717, 1.165) is 18.8 Å². The van der Waals surface area contributed by atoms with Gasteiger partial charge in [-0.3, -0.25) is 0 Å². The van der Waals surface area contributed by atoms with Crippen LogP contribution in [0.1, 0.15) is 0 Å². The highest BCUT2D eigenvalue weighted by atomic mass is 16.5. The first-order valence-corrected chi connectivity index (χ1v) is 2.97. The number of hydrogen-bond acceptors (Lipinski definition) is 3. The second-order valence-corrected chi connectivity index (χ2v) is 1.87. The Morgan fingerprint density at radius 2 is 2.78 bits per heavy atom. The van der Waals surface area contributed by atoms with Crippen molar-refractivity contribution in [3.05, 3.63) is 12.0 Å². The van der Waals surface area contributed by atoms with Crippen LogP contribution in [0.4, 0.5) is 0 Å². The Morgan fingerprint density at radius 1 is 1.89 bits per heavy atom. The zero-order valence-corrected chi connectivity index (χ0v) is 5.52. The van der Waals surface area contributed by atoms with Gasteiger partial charge in [0.1, 0.15) is 12.9 Å². The number of rotatable bonds is 2. The van der Waals surface area contributed by atoms with Gasteiger partial charge >= 0.3 is 0 Å². The Bertz CT molecular complexity index is 112. The molecular weight excluding hydrogens is 118 g/mol. The van der Waals surface area contributed by atoms with Gasteiger partial charge in [0.25, 0.3) is 0 Å². The summed E-state index contributed by atoms with van der Waals surface area (Å²) in [5.74, 6) is 0. The molecule has 0 bridgehead atoms. The largest absolute Gasteiger partial charge is 0.497 e. The van der Waals surface area contributed by atoms with Crippen LogP contribution >= 0.6 is 0 Å². The SMILES string of the molecule is COCC1=COCCN1. The molecule has 0 radical (unpaired) electrons. The highest BCUT2D eigenvalue weighted by Gasteiger charge is 1.99. The van der Waals surface area contributed by atoms with Crippen molar-refractivity contribution in [1.29, 1.82) is 0 Å². The highest BCUT2D eigenvalue weighted by molar-refractivity contribution is 4.97. The number of nitrogens with one attached hydrogen (secondary N) is 1. The summed E-state index contributed by atoms with van der Waals surface area (Å²) in [6.07, 6.45) is 1.70. The van der Waals surface area contributed by atoms with E-state index in [1.54, 1.807) is 13.4 Å². The summed E-state index contributed by atoms with van der Waals surface area (Å²) in [5, 5.41) is 3.13. The van der Waals surface area contributed by atoms with Crippen molar-refractivity contribution >= 4 is 0 Å². The summed E-state index contributed by atoms with van der Waals surface area (Å²) < 4.78 is 9.90. The van der Waals surface area contributed by atoms with Gasteiger partial charge in [0.15, 0.2) is 0 Å². The van der Waals surface area contributed by atoms with Gasteiger partial charge in [0.05, 0.1) is 12.3 Å². The van der Waals surface area contributed by atoms with Crippen molar-refractivity contribution in [2.45, 2.75) is 0 Å². The fourth-order valence-corrected chi connectivity index (χ4v) is 0.712. The Balaban J connectivity index is 2.28. The van der Waals surface area contributed by atoms with Crippen molar-refractivity contribution in [2.75, 3.05) is 26.9 Å². The third kappa shape index (κ3) is 1.93. The molecule has 0 atom stereocenters. The molecule has 3 heteroatoms. The maximum absolute atomic E-state index is 5.03. The molecule has 0 aromatic rings. The molecule has 9 heavy (non-hydrogen) atoms. The fraction of sp³-hybridized carbons (Fsp3) is 0.667. The van der Waals surface area contributed by atoms with Crippen LogP contribution in [0.2, 0.25) is 0 Å². The van der Waals surface area contributed by atoms with Crippen LogP contribution in [0.15, 0.2) is 12.0 Å². The minimum absolute atomic E-state index is 0.611. The van der Waals surface area contributed by atoms with E-state index >= 15 is 0 Å². The summed E-state index contributed by atoms with van der Waals surface area (Å²) in [6, 6.07) is 0. The molecule has 0 saturated carbocycles. The Morgan fingerprint density at radius 3 is 3.33 bits per heavy atom. The molecule has 52 valence electrons. The van der Waals surface area contributed by atoms with Crippen LogP contribution in [0, 0.1) is 0 Å². The summed E-state index contributed by atoms with van der Waals surface area (Å²) in [7, 11) is 1.66. The van der Waals surface area contributed by atoms with Crippen molar-refractivity contribution in [3.63, 3.8) is 0 Å². The molecule has 0 spiro atoms. The smallest absolute Gasteiger partial charge is 0.105 e. The topological polar surface area (TPSA) is 30.5 Å². The third-order valence-corrected chi connectivity index (χ3v) is 1.10. The molecule has 1 N–H and O–H groups in total. The standard InChI is InChI=1S/C6H11NO2/c1-8-4-6-5-9-3-2-7-6/h5,7H,2-4H2,1H3. The maximum Gasteiger partial charge on any atom is 0.105 e. The number of methoxy groups -OCH3 is 1. The van der Waals surface area contributed by atoms with E-state index < -0.39 is 0 Å². The minimum atomic E-state index is 0.611. The van der Waals surface area contributed by atoms with Gasteiger partial charge in [-0.2, -0.15) is 0 Å². The summed E-state index contributed by atoms with van der Waals surface area (Å²) in [6.45, 7) is 2.25. The van der Waals surface area contributed by atoms with Crippen LogP contribution in [0.5, 0.6) is 0 Å². The minimum Gasteiger partial charge on any atom is -0.497 e. The van der Waals surface area contributed by atoms with Crippen molar-refractivity contribution in [2.24, 2.45) is 0 Å². The lowest BCUT2D eigenvalue weighted by atomic mass is 10.4. The Kier molecular flexibility index (Phi) is 2.39. The first kappa shape index (κ1) is 6.42. The predicted octanol–water partition coefficient (Wildman–Crippen LogP) is 0.0940. The zero-order valence-electron chi connectivity index (χ0n) is 5.52. The van der Waals surface area contributed by atoms with Crippen molar-refractivity contribution in [3.8, 4) is 0 Å². The molecule has 3 nitrogen and oxygen atoms in total. The van der Waals surface area contributed by atoms with Gasteiger partial charge < -0.3 is 14.8 Å². The van der Waals surface area contributed by atoms with E-state index in [4.69, 9.17) is 9.47 Å². The Hall–Kier alpha value is -0.700.